The molecule has 1 saturated carbocycles. The van der Waals surface area contributed by atoms with E-state index in [1.807, 2.05) is 25.2 Å². The molecule has 1 aliphatic rings. The van der Waals surface area contributed by atoms with Crippen molar-refractivity contribution in [2.24, 2.45) is 18.0 Å². The molecule has 6 nitrogen and oxygen atoms in total. The molecule has 1 aromatic carbocycles. The molecule has 1 aromatic heterocycles. The summed E-state index contributed by atoms with van der Waals surface area (Å²) >= 11 is 0. The van der Waals surface area contributed by atoms with Gasteiger partial charge >= 0.3 is 0 Å². The maximum atomic E-state index is 5.64. The van der Waals surface area contributed by atoms with Crippen LogP contribution >= 0.6 is 0 Å². The molecule has 0 amide bonds. The molecular formula is C18H27N5O. The summed E-state index contributed by atoms with van der Waals surface area (Å²) in [5, 5.41) is 6.64. The Morgan fingerprint density at radius 3 is 2.92 bits per heavy atom. The molecule has 0 unspecified atom stereocenters. The highest BCUT2D eigenvalue weighted by molar-refractivity contribution is 5.80. The second-order valence-corrected chi connectivity index (χ2v) is 6.30. The fraction of sp³-hybridized carbons (Fsp3) is 0.556. The third-order valence-corrected chi connectivity index (χ3v) is 4.33. The van der Waals surface area contributed by atoms with Crippen LogP contribution in [-0.2, 0) is 18.3 Å². The first kappa shape index (κ1) is 16.8. The Labute approximate surface area is 143 Å². The highest BCUT2D eigenvalue weighted by Gasteiger charge is 2.20. The fourth-order valence-electron chi connectivity index (χ4n) is 2.65. The van der Waals surface area contributed by atoms with E-state index in [0.717, 1.165) is 54.9 Å². The number of hydrogen-bond acceptors (Lipinski definition) is 3. The lowest BCUT2D eigenvalue weighted by atomic mass is 10.3. The van der Waals surface area contributed by atoms with E-state index in [1.165, 1.54) is 12.8 Å². The number of aliphatic imine (C=N–C) groups is 1. The van der Waals surface area contributed by atoms with Gasteiger partial charge in [0.05, 0.1) is 17.6 Å². The van der Waals surface area contributed by atoms with Gasteiger partial charge in [-0.2, -0.15) is 0 Å². The summed E-state index contributed by atoms with van der Waals surface area (Å²) in [6.45, 7) is 3.24. The van der Waals surface area contributed by atoms with Crippen molar-refractivity contribution in [3.63, 3.8) is 0 Å². The van der Waals surface area contributed by atoms with Crippen LogP contribution in [0.5, 0.6) is 0 Å². The van der Waals surface area contributed by atoms with E-state index >= 15 is 0 Å². The number of aromatic nitrogens is 2. The van der Waals surface area contributed by atoms with Crippen molar-refractivity contribution in [2.75, 3.05) is 26.8 Å². The van der Waals surface area contributed by atoms with Gasteiger partial charge in [0.2, 0.25) is 0 Å². The zero-order chi connectivity index (χ0) is 16.8. The van der Waals surface area contributed by atoms with Gasteiger partial charge in [0.15, 0.2) is 5.96 Å². The van der Waals surface area contributed by atoms with Gasteiger partial charge in [-0.3, -0.25) is 4.99 Å². The highest BCUT2D eigenvalue weighted by atomic mass is 16.5. The molecule has 0 atom stereocenters. The van der Waals surface area contributed by atoms with Crippen molar-refractivity contribution in [3.05, 3.63) is 30.1 Å². The quantitative estimate of drug-likeness (QED) is 0.442. The Bertz CT molecular complexity index is 690. The molecule has 6 heteroatoms. The second-order valence-electron chi connectivity index (χ2n) is 6.30. The summed E-state index contributed by atoms with van der Waals surface area (Å²) in [4.78, 5) is 8.92. The summed E-state index contributed by atoms with van der Waals surface area (Å²) in [6.07, 6.45) is 3.67. The van der Waals surface area contributed by atoms with Crippen LogP contribution in [0.1, 0.15) is 25.1 Å². The zero-order valence-corrected chi connectivity index (χ0v) is 14.6. The number of rotatable bonds is 8. The maximum absolute atomic E-state index is 5.64. The van der Waals surface area contributed by atoms with Gasteiger partial charge in [-0.1, -0.05) is 12.1 Å². The molecule has 130 valence electrons. The topological polar surface area (TPSA) is 63.5 Å². The summed E-state index contributed by atoms with van der Waals surface area (Å²) in [6, 6.07) is 8.17. The van der Waals surface area contributed by atoms with E-state index in [2.05, 4.69) is 31.2 Å². The maximum Gasteiger partial charge on any atom is 0.191 e. The smallest absolute Gasteiger partial charge is 0.191 e. The molecule has 1 heterocycles. The number of nitrogens with zero attached hydrogens (tertiary/aromatic N) is 3. The number of para-hydroxylation sites is 2. The average Bonchev–Trinajstić information content (AvgIpc) is 3.38. The third-order valence-electron chi connectivity index (χ3n) is 4.33. The lowest BCUT2D eigenvalue weighted by molar-refractivity contribution is 0.123. The van der Waals surface area contributed by atoms with Crippen molar-refractivity contribution in [1.29, 1.82) is 0 Å². The van der Waals surface area contributed by atoms with Gasteiger partial charge in [-0.05, 0) is 37.3 Å². The zero-order valence-electron chi connectivity index (χ0n) is 14.6. The average molecular weight is 329 g/mol. The Morgan fingerprint density at radius 2 is 2.17 bits per heavy atom. The lowest BCUT2D eigenvalue weighted by Gasteiger charge is -2.12. The Balaban J connectivity index is 1.40. The normalized spacial score (nSPS) is 15.0. The number of imidazole rings is 1. The first-order valence-corrected chi connectivity index (χ1v) is 8.70. The second kappa shape index (κ2) is 8.15. The predicted molar refractivity (Wildman–Crippen MR) is 97.1 cm³/mol. The van der Waals surface area contributed by atoms with Crippen molar-refractivity contribution >= 4 is 17.0 Å². The number of benzene rings is 1. The Kier molecular flexibility index (Phi) is 5.69. The SMILES string of the molecule is CN=C(NCCCOCC1CC1)NCc1nc2ccccc2n1C. The summed E-state index contributed by atoms with van der Waals surface area (Å²) in [7, 11) is 3.83. The van der Waals surface area contributed by atoms with Gasteiger partial charge in [-0.15, -0.1) is 0 Å². The monoisotopic (exact) mass is 329 g/mol. The van der Waals surface area contributed by atoms with Crippen LogP contribution < -0.4 is 10.6 Å². The lowest BCUT2D eigenvalue weighted by Crippen LogP contribution is -2.38. The number of guanidine groups is 1. The third kappa shape index (κ3) is 4.47. The minimum atomic E-state index is 0.642. The van der Waals surface area contributed by atoms with E-state index in [-0.39, 0.29) is 0 Å². The molecular weight excluding hydrogens is 302 g/mol. The number of nitrogens with one attached hydrogen (secondary N) is 2. The van der Waals surface area contributed by atoms with E-state index in [0.29, 0.717) is 6.54 Å². The fourth-order valence-corrected chi connectivity index (χ4v) is 2.65. The van der Waals surface area contributed by atoms with E-state index in [9.17, 15) is 0 Å². The minimum absolute atomic E-state index is 0.642. The highest BCUT2D eigenvalue weighted by Crippen LogP contribution is 2.28. The van der Waals surface area contributed by atoms with E-state index < -0.39 is 0 Å². The molecule has 3 rings (SSSR count). The number of ether oxygens (including phenoxy) is 1. The van der Waals surface area contributed by atoms with Gasteiger partial charge in [-0.25, -0.2) is 4.98 Å². The molecule has 2 aromatic rings. The number of fused-ring (bicyclic) bond motifs is 1. The Morgan fingerprint density at radius 1 is 1.33 bits per heavy atom. The van der Waals surface area contributed by atoms with E-state index in [1.54, 1.807) is 7.05 Å². The van der Waals surface area contributed by atoms with Gasteiger partial charge < -0.3 is 19.9 Å². The first-order chi connectivity index (χ1) is 11.8. The summed E-state index contributed by atoms with van der Waals surface area (Å²) in [5.74, 6) is 2.62. The van der Waals surface area contributed by atoms with Crippen molar-refractivity contribution in [3.8, 4) is 0 Å². The van der Waals surface area contributed by atoms with Crippen molar-refractivity contribution in [1.82, 2.24) is 20.2 Å². The first-order valence-electron chi connectivity index (χ1n) is 8.70. The molecule has 0 bridgehead atoms. The predicted octanol–water partition coefficient (Wildman–Crippen LogP) is 2.05. The Hall–Kier alpha value is -2.08. The van der Waals surface area contributed by atoms with Crippen molar-refractivity contribution < 1.29 is 4.74 Å². The van der Waals surface area contributed by atoms with E-state index in [4.69, 9.17) is 4.74 Å². The number of aryl methyl sites for hydroxylation is 1. The minimum Gasteiger partial charge on any atom is -0.381 e. The molecule has 0 radical (unpaired) electrons. The molecule has 24 heavy (non-hydrogen) atoms. The standard InChI is InChI=1S/C18H27N5O/c1-19-18(20-10-5-11-24-13-14-8-9-14)21-12-17-22-15-6-3-4-7-16(15)23(17)2/h3-4,6-7,14H,5,8-13H2,1-2H3,(H2,19,20,21). The molecule has 0 saturated heterocycles. The molecule has 0 spiro atoms. The molecule has 0 aliphatic heterocycles. The van der Waals surface area contributed by atoms with Crippen LogP contribution in [0.4, 0.5) is 0 Å². The largest absolute Gasteiger partial charge is 0.381 e. The van der Waals surface area contributed by atoms with Crippen molar-refractivity contribution in [2.45, 2.75) is 25.8 Å². The summed E-state index contributed by atoms with van der Waals surface area (Å²) in [5.41, 5.74) is 2.16. The van der Waals surface area contributed by atoms with Crippen LogP contribution in [-0.4, -0.2) is 42.3 Å². The molecule has 1 fully saturated rings. The van der Waals surface area contributed by atoms with Gasteiger partial charge in [0.25, 0.3) is 0 Å². The van der Waals surface area contributed by atoms with Crippen LogP contribution in [0.25, 0.3) is 11.0 Å². The van der Waals surface area contributed by atoms with Crippen LogP contribution in [0.2, 0.25) is 0 Å². The molecule has 2 N–H and O–H groups in total. The van der Waals surface area contributed by atoms with Gasteiger partial charge in [0, 0.05) is 33.9 Å². The number of hydrogen-bond donors (Lipinski definition) is 2. The van der Waals surface area contributed by atoms with Crippen LogP contribution in [0, 0.1) is 5.92 Å². The van der Waals surface area contributed by atoms with Gasteiger partial charge in [0.1, 0.15) is 5.82 Å². The molecule has 1 aliphatic carbocycles. The summed E-state index contributed by atoms with van der Waals surface area (Å²) < 4.78 is 7.75. The van der Waals surface area contributed by atoms with Crippen LogP contribution in [0.3, 0.4) is 0 Å². The van der Waals surface area contributed by atoms with Crippen LogP contribution in [0.15, 0.2) is 29.3 Å².